The minimum absolute atomic E-state index is 0.299. The van der Waals surface area contributed by atoms with E-state index in [1.165, 1.54) is 0 Å². The minimum Gasteiger partial charge on any atom is -0.493 e. The first kappa shape index (κ1) is 20.2. The highest BCUT2D eigenvalue weighted by Gasteiger charge is 2.60. The Morgan fingerprint density at radius 2 is 2.00 bits per heavy atom. The maximum atomic E-state index is 12.7. The Bertz CT molecular complexity index is 814. The number of nitrogens with zero attached hydrogens (tertiary/aromatic N) is 2. The number of hydrogen-bond acceptors (Lipinski definition) is 5. The molecule has 2 N–H and O–H groups in total. The van der Waals surface area contributed by atoms with Gasteiger partial charge in [-0.1, -0.05) is 6.07 Å². The molecule has 4 rings (SSSR count). The summed E-state index contributed by atoms with van der Waals surface area (Å²) < 4.78 is 48.2. The van der Waals surface area contributed by atoms with Crippen molar-refractivity contribution in [2.75, 3.05) is 13.3 Å². The monoisotopic (exact) mass is 409 g/mol. The average molecular weight is 409 g/mol. The Kier molecular flexibility index (Phi) is 5.31. The molecule has 0 aromatic heterocycles. The van der Waals surface area contributed by atoms with Crippen LogP contribution in [-0.2, 0) is 16.8 Å². The first-order valence-electron chi connectivity index (χ1n) is 10.1. The molecular formula is C21H26F3N3O2. The topological polar surface area (TPSA) is 69.2 Å². The largest absolute Gasteiger partial charge is 0.493 e. The van der Waals surface area contributed by atoms with Gasteiger partial charge in [0.2, 0.25) is 0 Å². The van der Waals surface area contributed by atoms with Crippen molar-refractivity contribution in [1.82, 2.24) is 0 Å². The number of nitrogens with two attached hydrogens (primary N) is 1. The highest BCUT2D eigenvalue weighted by atomic mass is 19.3. The molecule has 3 aliphatic rings. The molecule has 5 nitrogen and oxygen atoms in total. The number of aliphatic imine (C=N–C) groups is 2. The zero-order valence-electron chi connectivity index (χ0n) is 16.5. The molecule has 158 valence electrons. The van der Waals surface area contributed by atoms with E-state index in [2.05, 4.69) is 0 Å². The van der Waals surface area contributed by atoms with Crippen molar-refractivity contribution in [2.24, 2.45) is 21.1 Å². The SMILES string of the molecule is CC1=N[C@]2(N=C1N)c1cc(OCCCF)ccc1CC21CCC(OC(F)F)CC1. The quantitative estimate of drug-likeness (QED) is 0.718. The van der Waals surface area contributed by atoms with Crippen LogP contribution in [0, 0.1) is 5.41 Å². The van der Waals surface area contributed by atoms with Gasteiger partial charge in [-0.05, 0) is 56.7 Å². The first-order valence-corrected chi connectivity index (χ1v) is 10.1. The lowest BCUT2D eigenvalue weighted by molar-refractivity contribution is -0.177. The standard InChI is InChI=1S/C21H26F3N3O2/c1-13-18(25)27-21(26-13)17-11-16(28-10-2-9-22)4-3-14(17)12-20(21)7-5-15(6-8-20)29-19(23)24/h3-4,11,15,19H,2,5-10,12H2,1H3,(H2,25,27)/t15?,20?,21-/m0/s1. The Morgan fingerprint density at radius 1 is 1.24 bits per heavy atom. The molecule has 1 aromatic rings. The second-order valence-electron chi connectivity index (χ2n) is 8.13. The van der Waals surface area contributed by atoms with Gasteiger partial charge >= 0.3 is 6.61 Å². The zero-order chi connectivity index (χ0) is 20.6. The lowest BCUT2D eigenvalue weighted by Gasteiger charge is -2.44. The van der Waals surface area contributed by atoms with E-state index in [4.69, 9.17) is 25.2 Å². The van der Waals surface area contributed by atoms with E-state index in [0.717, 1.165) is 17.5 Å². The molecule has 29 heavy (non-hydrogen) atoms. The smallest absolute Gasteiger partial charge is 0.345 e. The van der Waals surface area contributed by atoms with Crippen molar-refractivity contribution >= 4 is 11.5 Å². The van der Waals surface area contributed by atoms with Crippen LogP contribution in [0.2, 0.25) is 0 Å². The normalized spacial score (nSPS) is 30.7. The Morgan fingerprint density at radius 3 is 2.62 bits per heavy atom. The van der Waals surface area contributed by atoms with Crippen LogP contribution >= 0.6 is 0 Å². The van der Waals surface area contributed by atoms with E-state index >= 15 is 0 Å². The Labute approximate surface area is 168 Å². The molecule has 0 unspecified atom stereocenters. The van der Waals surface area contributed by atoms with Crippen LogP contribution in [-0.4, -0.2) is 37.5 Å². The molecule has 1 heterocycles. The van der Waals surface area contributed by atoms with Crippen molar-refractivity contribution in [2.45, 2.75) is 63.8 Å². The number of fused-ring (bicyclic) bond motifs is 3. The summed E-state index contributed by atoms with van der Waals surface area (Å²) in [6.07, 6.45) is 3.04. The van der Waals surface area contributed by atoms with Crippen LogP contribution in [0.5, 0.6) is 5.75 Å². The van der Waals surface area contributed by atoms with E-state index in [-0.39, 0.29) is 5.41 Å². The molecule has 0 radical (unpaired) electrons. The number of halogens is 3. The van der Waals surface area contributed by atoms with Crippen LogP contribution in [0.4, 0.5) is 13.2 Å². The van der Waals surface area contributed by atoms with Crippen LogP contribution in [0.1, 0.15) is 50.2 Å². The van der Waals surface area contributed by atoms with E-state index in [1.807, 2.05) is 25.1 Å². The number of hydrogen-bond donors (Lipinski definition) is 1. The molecule has 2 spiro atoms. The average Bonchev–Trinajstić information content (AvgIpc) is 3.12. The fraction of sp³-hybridized carbons (Fsp3) is 0.619. The maximum Gasteiger partial charge on any atom is 0.345 e. The minimum atomic E-state index is -2.76. The summed E-state index contributed by atoms with van der Waals surface area (Å²) in [6.45, 7) is -1.04. The molecular weight excluding hydrogens is 383 g/mol. The van der Waals surface area contributed by atoms with E-state index < -0.39 is 25.1 Å². The van der Waals surface area contributed by atoms with Gasteiger partial charge in [0.15, 0.2) is 5.66 Å². The second-order valence-corrected chi connectivity index (χ2v) is 8.13. The zero-order valence-corrected chi connectivity index (χ0v) is 16.5. The Hall–Kier alpha value is -2.09. The van der Waals surface area contributed by atoms with Gasteiger partial charge in [-0.15, -0.1) is 0 Å². The van der Waals surface area contributed by atoms with E-state index in [0.29, 0.717) is 56.0 Å². The van der Waals surface area contributed by atoms with Gasteiger partial charge in [-0.2, -0.15) is 8.78 Å². The molecule has 0 bridgehead atoms. The van der Waals surface area contributed by atoms with Crippen LogP contribution in [0.15, 0.2) is 28.2 Å². The second kappa shape index (κ2) is 7.63. The van der Waals surface area contributed by atoms with Crippen LogP contribution < -0.4 is 10.5 Å². The van der Waals surface area contributed by atoms with Gasteiger partial charge in [-0.25, -0.2) is 4.99 Å². The van der Waals surface area contributed by atoms with Crippen LogP contribution in [0.3, 0.4) is 0 Å². The predicted octanol–water partition coefficient (Wildman–Crippen LogP) is 4.13. The molecule has 1 saturated carbocycles. The van der Waals surface area contributed by atoms with Gasteiger partial charge < -0.3 is 15.2 Å². The molecule has 1 atom stereocenters. The van der Waals surface area contributed by atoms with Crippen molar-refractivity contribution in [3.8, 4) is 5.75 Å². The molecule has 1 fully saturated rings. The van der Waals surface area contributed by atoms with Gasteiger partial charge in [-0.3, -0.25) is 9.38 Å². The molecule has 1 aromatic carbocycles. The predicted molar refractivity (Wildman–Crippen MR) is 104 cm³/mol. The number of rotatable bonds is 6. The number of alkyl halides is 3. The summed E-state index contributed by atoms with van der Waals surface area (Å²) in [6, 6.07) is 5.82. The summed E-state index contributed by atoms with van der Waals surface area (Å²) in [5.41, 5.74) is 7.71. The van der Waals surface area contributed by atoms with Crippen molar-refractivity contribution in [3.05, 3.63) is 29.3 Å². The highest BCUT2D eigenvalue weighted by Crippen LogP contribution is 2.62. The third-order valence-corrected chi connectivity index (χ3v) is 6.44. The summed E-state index contributed by atoms with van der Waals surface area (Å²) in [7, 11) is 0. The number of amidine groups is 1. The maximum absolute atomic E-state index is 12.7. The molecule has 0 amide bonds. The highest BCUT2D eigenvalue weighted by molar-refractivity contribution is 6.41. The van der Waals surface area contributed by atoms with Crippen molar-refractivity contribution in [1.29, 1.82) is 0 Å². The van der Waals surface area contributed by atoms with E-state index in [1.54, 1.807) is 0 Å². The van der Waals surface area contributed by atoms with E-state index in [9.17, 15) is 13.2 Å². The first-order chi connectivity index (χ1) is 13.9. The van der Waals surface area contributed by atoms with Crippen LogP contribution in [0.25, 0.3) is 0 Å². The third kappa shape index (κ3) is 3.41. The van der Waals surface area contributed by atoms with Crippen molar-refractivity contribution < 1.29 is 22.6 Å². The lowest BCUT2D eigenvalue weighted by atomic mass is 9.65. The summed E-state index contributed by atoms with van der Waals surface area (Å²) in [5.74, 6) is 1.06. The summed E-state index contributed by atoms with van der Waals surface area (Å²) in [4.78, 5) is 9.75. The van der Waals surface area contributed by atoms with Crippen molar-refractivity contribution in [3.63, 3.8) is 0 Å². The number of benzene rings is 1. The summed E-state index contributed by atoms with van der Waals surface area (Å²) in [5, 5.41) is 0. The molecule has 8 heteroatoms. The summed E-state index contributed by atoms with van der Waals surface area (Å²) >= 11 is 0. The van der Waals surface area contributed by atoms with Gasteiger partial charge in [0.05, 0.1) is 25.1 Å². The number of ether oxygens (including phenoxy) is 2. The van der Waals surface area contributed by atoms with Gasteiger partial charge in [0.1, 0.15) is 11.6 Å². The molecule has 0 saturated heterocycles. The molecule has 2 aliphatic carbocycles. The fourth-order valence-corrected chi connectivity index (χ4v) is 5.03. The fourth-order valence-electron chi connectivity index (χ4n) is 5.03. The van der Waals surface area contributed by atoms with Gasteiger partial charge in [0.25, 0.3) is 0 Å². The van der Waals surface area contributed by atoms with Gasteiger partial charge in [0, 0.05) is 17.4 Å². The third-order valence-electron chi connectivity index (χ3n) is 6.44. The Balaban J connectivity index is 1.68. The lowest BCUT2D eigenvalue weighted by Crippen LogP contribution is -2.43. The molecule has 1 aliphatic heterocycles.